The second kappa shape index (κ2) is 29.1. The zero-order chi connectivity index (χ0) is 55.4. The number of aliphatic imine (C=N–C) groups is 2. The summed E-state index contributed by atoms with van der Waals surface area (Å²) in [6.45, 7) is 25.6. The predicted molar refractivity (Wildman–Crippen MR) is 295 cm³/mol. The van der Waals surface area contributed by atoms with Gasteiger partial charge in [0.2, 0.25) is 11.9 Å². The van der Waals surface area contributed by atoms with Crippen LogP contribution in [0.4, 0.5) is 19.2 Å². The number of unbranched alkanes of at least 4 members (excludes halogenated alkanes) is 7. The van der Waals surface area contributed by atoms with Gasteiger partial charge in [-0.15, -0.1) is 4.99 Å². The first-order valence-electron chi connectivity index (χ1n) is 27.2. The first-order valence-corrected chi connectivity index (χ1v) is 30.2. The average Bonchev–Trinajstić information content (AvgIpc) is 3.72. The minimum absolute atomic E-state index is 0.0220. The van der Waals surface area contributed by atoms with Gasteiger partial charge in [0.25, 0.3) is 0 Å². The minimum Gasteiger partial charge on any atom is -0.465 e. The number of hydrogen-bond donors (Lipinski definition) is 2. The maximum atomic E-state index is 14.7. The molecule has 2 heterocycles. The molecule has 2 aromatic carbocycles. The number of benzene rings is 2. The van der Waals surface area contributed by atoms with Crippen molar-refractivity contribution < 1.29 is 52.1 Å². The van der Waals surface area contributed by atoms with Crippen LogP contribution in [0.15, 0.2) is 70.6 Å². The van der Waals surface area contributed by atoms with E-state index in [2.05, 4.69) is 61.4 Å². The smallest absolute Gasteiger partial charge is 0.437 e. The molecular weight excluding hydrogens is 973 g/mol. The number of alkyl carbamates (subject to hydrolysis) is 2. The van der Waals surface area contributed by atoms with Crippen LogP contribution in [0.5, 0.6) is 0 Å². The molecule has 0 spiro atoms. The number of nitrogens with zero attached hydrogens (tertiary/aromatic N) is 4. The highest BCUT2D eigenvalue weighted by atomic mass is 28.4. The second-order valence-corrected chi connectivity index (χ2v) is 28.1. The Kier molecular flexibility index (Phi) is 24.1. The molecule has 418 valence electrons. The van der Waals surface area contributed by atoms with E-state index in [-0.39, 0.29) is 55.5 Å². The van der Waals surface area contributed by atoms with E-state index in [0.29, 0.717) is 32.1 Å². The number of guanidine groups is 2. The molecule has 0 aliphatic carbocycles. The highest BCUT2D eigenvalue weighted by Gasteiger charge is 2.55. The largest absolute Gasteiger partial charge is 0.465 e. The molecule has 0 radical (unpaired) electrons. The summed E-state index contributed by atoms with van der Waals surface area (Å²) < 4.78 is 35.8. The lowest BCUT2D eigenvalue weighted by Crippen LogP contribution is -2.66. The number of hydrogen-bond acceptors (Lipinski definition) is 12. The van der Waals surface area contributed by atoms with Crippen molar-refractivity contribution in [1.29, 1.82) is 0 Å². The van der Waals surface area contributed by atoms with Crippen LogP contribution in [-0.4, -0.2) is 109 Å². The van der Waals surface area contributed by atoms with Crippen molar-refractivity contribution in [2.45, 2.75) is 226 Å². The van der Waals surface area contributed by atoms with Gasteiger partial charge in [-0.2, -0.15) is 0 Å². The molecule has 2 aliphatic heterocycles. The Bertz CT molecular complexity index is 2160. The zero-order valence-corrected chi connectivity index (χ0v) is 48.5. The number of carbonyl (C=O) groups excluding carboxylic acids is 5. The van der Waals surface area contributed by atoms with Gasteiger partial charge in [0.05, 0.1) is 18.6 Å². The molecule has 4 rings (SSSR count). The standard InChI is InChI=1S/C57H90N6O11Si/c1-14-15-16-17-18-19-26-33-45(74-75(12,13)57(9,10)11)38-44-34-35-46-47(48(64)69-37-28-27-36-58-49(59-52(66)72-55(3,4)5)60-53(67)73-56(6,7)8)41(2)62(54(68)71-40-43-31-24-21-25-32-43)50(63(44)46)61-51(65)70-39-42-29-22-20-23-30-42/h20-25,29-32,41,44-47H,14-19,26-28,33-40H2,1-13H3,(H2,58,59,60,66,67)/b61-50-/t41-,44+,45+,46+,47+/m1/s1. The first kappa shape index (κ1) is 62.0. The lowest BCUT2D eigenvalue weighted by atomic mass is 9.88. The van der Waals surface area contributed by atoms with Gasteiger partial charge in [-0.25, -0.2) is 24.1 Å². The van der Waals surface area contributed by atoms with Crippen molar-refractivity contribution in [2.75, 3.05) is 13.2 Å². The van der Waals surface area contributed by atoms with E-state index < -0.39 is 67.9 Å². The molecule has 5 atom stereocenters. The van der Waals surface area contributed by atoms with Crippen LogP contribution in [0.1, 0.15) is 171 Å². The van der Waals surface area contributed by atoms with Crippen molar-refractivity contribution in [3.8, 4) is 0 Å². The van der Waals surface area contributed by atoms with Crippen LogP contribution in [0.2, 0.25) is 18.1 Å². The van der Waals surface area contributed by atoms with E-state index >= 15 is 0 Å². The normalized spacial score (nSPS) is 18.9. The van der Waals surface area contributed by atoms with Crippen LogP contribution < -0.4 is 10.6 Å². The Morgan fingerprint density at radius 1 is 0.707 bits per heavy atom. The molecule has 4 amide bonds. The van der Waals surface area contributed by atoms with Crippen molar-refractivity contribution >= 4 is 50.6 Å². The third kappa shape index (κ3) is 21.2. The molecular formula is C57H90N6O11Si. The molecule has 18 heteroatoms. The van der Waals surface area contributed by atoms with Crippen LogP contribution in [0, 0.1) is 5.92 Å². The van der Waals surface area contributed by atoms with Gasteiger partial charge in [-0.3, -0.25) is 20.4 Å². The maximum absolute atomic E-state index is 14.7. The Morgan fingerprint density at radius 2 is 1.25 bits per heavy atom. The highest BCUT2D eigenvalue weighted by Crippen LogP contribution is 2.43. The fourth-order valence-electron chi connectivity index (χ4n) is 8.97. The van der Waals surface area contributed by atoms with Crippen molar-refractivity contribution in [1.82, 2.24) is 20.4 Å². The van der Waals surface area contributed by atoms with Gasteiger partial charge >= 0.3 is 30.3 Å². The second-order valence-electron chi connectivity index (χ2n) is 23.3. The van der Waals surface area contributed by atoms with E-state index in [9.17, 15) is 24.0 Å². The van der Waals surface area contributed by atoms with Crippen LogP contribution in [-0.2, 0) is 46.1 Å². The topological polar surface area (TPSA) is 196 Å². The Hall–Kier alpha value is -5.49. The molecule has 2 aromatic rings. The molecule has 2 N–H and O–H groups in total. The van der Waals surface area contributed by atoms with E-state index in [1.54, 1.807) is 48.5 Å². The third-order valence-corrected chi connectivity index (χ3v) is 18.2. The van der Waals surface area contributed by atoms with E-state index in [1.165, 1.54) is 37.0 Å². The summed E-state index contributed by atoms with van der Waals surface area (Å²) in [6.07, 6.45) is 8.23. The summed E-state index contributed by atoms with van der Waals surface area (Å²) in [5, 5.41) is 4.92. The van der Waals surface area contributed by atoms with E-state index in [1.807, 2.05) is 65.6 Å². The predicted octanol–water partition coefficient (Wildman–Crippen LogP) is 12.8. The molecule has 2 saturated heterocycles. The van der Waals surface area contributed by atoms with E-state index in [4.69, 9.17) is 28.1 Å². The molecule has 0 unspecified atom stereocenters. The molecule has 2 fully saturated rings. The van der Waals surface area contributed by atoms with Crippen LogP contribution in [0.3, 0.4) is 0 Å². The van der Waals surface area contributed by atoms with Crippen molar-refractivity contribution in [3.63, 3.8) is 0 Å². The number of nitrogens with one attached hydrogen (secondary N) is 2. The van der Waals surface area contributed by atoms with Gasteiger partial charge in [0.15, 0.2) is 8.32 Å². The number of esters is 1. The average molecular weight is 1060 g/mol. The van der Waals surface area contributed by atoms with Crippen LogP contribution in [0.25, 0.3) is 0 Å². The maximum Gasteiger partial charge on any atom is 0.437 e. The zero-order valence-electron chi connectivity index (χ0n) is 47.5. The third-order valence-electron chi connectivity index (χ3n) is 13.6. The van der Waals surface area contributed by atoms with Crippen LogP contribution >= 0.6 is 0 Å². The van der Waals surface area contributed by atoms with Gasteiger partial charge < -0.3 is 33.0 Å². The summed E-state index contributed by atoms with van der Waals surface area (Å²) in [5.74, 6) is -1.44. The number of fused-ring (bicyclic) bond motifs is 1. The summed E-state index contributed by atoms with van der Waals surface area (Å²) >= 11 is 0. The molecule has 0 aromatic heterocycles. The van der Waals surface area contributed by atoms with E-state index in [0.717, 1.165) is 30.4 Å². The fourth-order valence-corrected chi connectivity index (χ4v) is 10.4. The van der Waals surface area contributed by atoms with Crippen molar-refractivity contribution in [2.24, 2.45) is 15.9 Å². The molecule has 0 bridgehead atoms. The first-order chi connectivity index (χ1) is 35.3. The lowest BCUT2D eigenvalue weighted by molar-refractivity contribution is -0.153. The molecule has 75 heavy (non-hydrogen) atoms. The fraction of sp³-hybridized carbons (Fsp3) is 0.667. The number of ether oxygens (including phenoxy) is 5. The molecule has 17 nitrogen and oxygen atoms in total. The number of rotatable bonds is 22. The SMILES string of the molecule is CCCCCCCCC[C@@H](C[C@@H]1CC[C@H]2[C@@H](C(=O)OCCCCN=C(NC(=O)OC(C)(C)C)NC(=O)OC(C)(C)C)[C@@H](C)N(C(=O)OCc3ccccc3)/C(=N/C(=O)OCc3ccccc3)N12)O[Si](C)(C)C(C)(C)C. The van der Waals surface area contributed by atoms with Crippen molar-refractivity contribution in [3.05, 3.63) is 71.8 Å². The summed E-state index contributed by atoms with van der Waals surface area (Å²) in [7, 11) is -2.27. The van der Waals surface area contributed by atoms with Gasteiger partial charge in [-0.05, 0) is 116 Å². The summed E-state index contributed by atoms with van der Waals surface area (Å²) in [5.41, 5.74) is -0.0556. The molecule has 2 aliphatic rings. The Labute approximate surface area is 448 Å². The Morgan fingerprint density at radius 3 is 1.80 bits per heavy atom. The van der Waals surface area contributed by atoms with Gasteiger partial charge in [0.1, 0.15) is 24.4 Å². The quantitative estimate of drug-likeness (QED) is 0.0283. The summed E-state index contributed by atoms with van der Waals surface area (Å²) in [4.78, 5) is 80.8. The molecule has 0 saturated carbocycles. The lowest BCUT2D eigenvalue weighted by Gasteiger charge is -2.49. The number of carbonyl (C=O) groups is 5. The minimum atomic E-state index is -2.27. The van der Waals surface area contributed by atoms with Gasteiger partial charge in [0, 0.05) is 24.7 Å². The van der Waals surface area contributed by atoms with Gasteiger partial charge in [-0.1, -0.05) is 133 Å². The monoisotopic (exact) mass is 1060 g/mol. The summed E-state index contributed by atoms with van der Waals surface area (Å²) in [6, 6.07) is 17.0. The highest BCUT2D eigenvalue weighted by molar-refractivity contribution is 6.74. The Balaban J connectivity index is 1.66. The number of amides is 4.